The highest BCUT2D eigenvalue weighted by atomic mass is 19.4. The van der Waals surface area contributed by atoms with Crippen molar-refractivity contribution in [1.82, 2.24) is 10.6 Å². The number of amides is 1. The maximum Gasteiger partial charge on any atom is 0.405 e. The Labute approximate surface area is 74.0 Å². The van der Waals surface area contributed by atoms with E-state index in [9.17, 15) is 18.0 Å². The Balaban J connectivity index is 3.82. The van der Waals surface area contributed by atoms with Gasteiger partial charge in [0.05, 0.1) is 0 Å². The standard InChI is InChI=1S/C7H11F3N2O/c1-5(3-11-2)6(13)12-4-7(8,9)10/h11H,1,3-4H2,2H3,(H,12,13). The van der Waals surface area contributed by atoms with Crippen LogP contribution in [0.2, 0.25) is 0 Å². The van der Waals surface area contributed by atoms with Crippen molar-refractivity contribution in [2.24, 2.45) is 0 Å². The lowest BCUT2D eigenvalue weighted by atomic mass is 10.3. The zero-order valence-corrected chi connectivity index (χ0v) is 7.16. The van der Waals surface area contributed by atoms with Gasteiger partial charge < -0.3 is 10.6 Å². The molecule has 0 aliphatic rings. The van der Waals surface area contributed by atoms with Crippen LogP contribution in [-0.4, -0.2) is 32.2 Å². The van der Waals surface area contributed by atoms with Gasteiger partial charge in [0.2, 0.25) is 5.91 Å². The molecule has 0 aromatic heterocycles. The number of nitrogens with one attached hydrogen (secondary N) is 2. The summed E-state index contributed by atoms with van der Waals surface area (Å²) < 4.78 is 34.8. The highest BCUT2D eigenvalue weighted by Crippen LogP contribution is 2.12. The molecule has 0 saturated heterocycles. The number of halogens is 3. The first-order valence-electron chi connectivity index (χ1n) is 3.54. The van der Waals surface area contributed by atoms with Crippen molar-refractivity contribution in [3.63, 3.8) is 0 Å². The molecule has 13 heavy (non-hydrogen) atoms. The molecule has 76 valence electrons. The average molecular weight is 196 g/mol. The smallest absolute Gasteiger partial charge is 0.343 e. The molecule has 0 bridgehead atoms. The Morgan fingerprint density at radius 1 is 1.46 bits per heavy atom. The molecule has 0 atom stereocenters. The molecule has 0 aromatic rings. The van der Waals surface area contributed by atoms with Crippen LogP contribution in [0.4, 0.5) is 13.2 Å². The minimum Gasteiger partial charge on any atom is -0.343 e. The van der Waals surface area contributed by atoms with E-state index in [-0.39, 0.29) is 12.1 Å². The van der Waals surface area contributed by atoms with Crippen LogP contribution in [-0.2, 0) is 4.79 Å². The van der Waals surface area contributed by atoms with Gasteiger partial charge >= 0.3 is 6.18 Å². The number of alkyl halides is 3. The van der Waals surface area contributed by atoms with Gasteiger partial charge in [0.25, 0.3) is 0 Å². The second-order valence-electron chi connectivity index (χ2n) is 2.43. The number of carbonyl (C=O) groups excluding carboxylic acids is 1. The molecule has 0 aliphatic heterocycles. The first-order valence-corrected chi connectivity index (χ1v) is 3.54. The summed E-state index contributed by atoms with van der Waals surface area (Å²) >= 11 is 0. The zero-order chi connectivity index (χ0) is 10.5. The van der Waals surface area contributed by atoms with Crippen molar-refractivity contribution in [2.45, 2.75) is 6.18 Å². The molecule has 0 unspecified atom stereocenters. The fourth-order valence-corrected chi connectivity index (χ4v) is 0.599. The Kier molecular flexibility index (Phi) is 4.47. The van der Waals surface area contributed by atoms with Gasteiger partial charge in [-0.3, -0.25) is 4.79 Å². The molecular formula is C7H11F3N2O. The van der Waals surface area contributed by atoms with Crippen LogP contribution in [0.15, 0.2) is 12.2 Å². The topological polar surface area (TPSA) is 41.1 Å². The lowest BCUT2D eigenvalue weighted by molar-refractivity contribution is -0.136. The molecule has 0 heterocycles. The molecule has 0 aliphatic carbocycles. The van der Waals surface area contributed by atoms with E-state index in [1.54, 1.807) is 12.4 Å². The fourth-order valence-electron chi connectivity index (χ4n) is 0.599. The third-order valence-electron chi connectivity index (χ3n) is 1.16. The summed E-state index contributed by atoms with van der Waals surface area (Å²) in [6.45, 7) is 2.15. The quantitative estimate of drug-likeness (QED) is 0.640. The molecule has 1 amide bonds. The normalized spacial score (nSPS) is 11.1. The van der Waals surface area contributed by atoms with Gasteiger partial charge in [-0.05, 0) is 7.05 Å². The van der Waals surface area contributed by atoms with Gasteiger partial charge in [-0.2, -0.15) is 13.2 Å². The average Bonchev–Trinajstić information content (AvgIpc) is 1.99. The van der Waals surface area contributed by atoms with Crippen LogP contribution in [0.1, 0.15) is 0 Å². The van der Waals surface area contributed by atoms with E-state index >= 15 is 0 Å². The Morgan fingerprint density at radius 2 is 2.00 bits per heavy atom. The largest absolute Gasteiger partial charge is 0.405 e. The van der Waals surface area contributed by atoms with E-state index in [0.29, 0.717) is 0 Å². The van der Waals surface area contributed by atoms with Crippen molar-refractivity contribution < 1.29 is 18.0 Å². The summed E-state index contributed by atoms with van der Waals surface area (Å²) in [5.41, 5.74) is 0.0757. The molecule has 6 heteroatoms. The van der Waals surface area contributed by atoms with Crippen LogP contribution in [0.5, 0.6) is 0 Å². The first kappa shape index (κ1) is 12.0. The maximum absolute atomic E-state index is 11.6. The van der Waals surface area contributed by atoms with Crippen molar-refractivity contribution in [1.29, 1.82) is 0 Å². The summed E-state index contributed by atoms with van der Waals surface area (Å²) in [6.07, 6.45) is -4.38. The number of hydrogen-bond donors (Lipinski definition) is 2. The highest BCUT2D eigenvalue weighted by molar-refractivity contribution is 5.93. The van der Waals surface area contributed by atoms with Gasteiger partial charge in [0, 0.05) is 12.1 Å². The van der Waals surface area contributed by atoms with Gasteiger partial charge in [-0.1, -0.05) is 6.58 Å². The van der Waals surface area contributed by atoms with E-state index in [4.69, 9.17) is 0 Å². The number of rotatable bonds is 4. The minimum absolute atomic E-state index is 0.0757. The van der Waals surface area contributed by atoms with E-state index in [0.717, 1.165) is 0 Å². The third kappa shape index (κ3) is 6.15. The van der Waals surface area contributed by atoms with Gasteiger partial charge in [-0.25, -0.2) is 0 Å². The van der Waals surface area contributed by atoms with Gasteiger partial charge in [0.1, 0.15) is 6.54 Å². The van der Waals surface area contributed by atoms with Crippen molar-refractivity contribution in [2.75, 3.05) is 20.1 Å². The predicted octanol–water partition coefficient (Wildman–Crippen LogP) is 0.441. The van der Waals surface area contributed by atoms with Gasteiger partial charge in [-0.15, -0.1) is 0 Å². The van der Waals surface area contributed by atoms with E-state index in [1.807, 2.05) is 0 Å². The van der Waals surface area contributed by atoms with Crippen molar-refractivity contribution in [3.05, 3.63) is 12.2 Å². The van der Waals surface area contributed by atoms with Crippen LogP contribution >= 0.6 is 0 Å². The minimum atomic E-state index is -4.38. The first-order chi connectivity index (χ1) is 5.87. The molecule has 3 nitrogen and oxygen atoms in total. The number of carbonyl (C=O) groups is 1. The second-order valence-corrected chi connectivity index (χ2v) is 2.43. The Bertz CT molecular complexity index is 200. The summed E-state index contributed by atoms with van der Waals surface area (Å²) in [6, 6.07) is 0. The molecule has 2 N–H and O–H groups in total. The second kappa shape index (κ2) is 4.86. The summed E-state index contributed by atoms with van der Waals surface area (Å²) in [4.78, 5) is 10.8. The Morgan fingerprint density at radius 3 is 2.38 bits per heavy atom. The molecule has 0 rings (SSSR count). The molecule has 0 aromatic carbocycles. The lowest BCUT2D eigenvalue weighted by Crippen LogP contribution is -2.36. The maximum atomic E-state index is 11.6. The third-order valence-corrected chi connectivity index (χ3v) is 1.16. The van der Waals surface area contributed by atoms with Crippen LogP contribution < -0.4 is 10.6 Å². The molecule has 0 fully saturated rings. The van der Waals surface area contributed by atoms with Crippen molar-refractivity contribution >= 4 is 5.91 Å². The molecule has 0 saturated carbocycles. The summed E-state index contributed by atoms with van der Waals surface area (Å²) in [5, 5.41) is 4.31. The SMILES string of the molecule is C=C(CNC)C(=O)NCC(F)(F)F. The molecular weight excluding hydrogens is 185 g/mol. The fraction of sp³-hybridized carbons (Fsp3) is 0.571. The summed E-state index contributed by atoms with van der Waals surface area (Å²) in [5.74, 6) is -0.785. The molecule has 0 spiro atoms. The highest BCUT2D eigenvalue weighted by Gasteiger charge is 2.27. The summed E-state index contributed by atoms with van der Waals surface area (Å²) in [7, 11) is 1.57. The number of hydrogen-bond acceptors (Lipinski definition) is 2. The van der Waals surface area contributed by atoms with Crippen molar-refractivity contribution in [3.8, 4) is 0 Å². The Hall–Kier alpha value is -1.04. The monoisotopic (exact) mass is 196 g/mol. The van der Waals surface area contributed by atoms with Gasteiger partial charge in [0.15, 0.2) is 0 Å². The lowest BCUT2D eigenvalue weighted by Gasteiger charge is -2.09. The van der Waals surface area contributed by atoms with Crippen LogP contribution in [0.3, 0.4) is 0 Å². The van der Waals surface area contributed by atoms with E-state index in [2.05, 4.69) is 11.9 Å². The van der Waals surface area contributed by atoms with Crippen LogP contribution in [0.25, 0.3) is 0 Å². The van der Waals surface area contributed by atoms with E-state index in [1.165, 1.54) is 0 Å². The van der Waals surface area contributed by atoms with E-state index < -0.39 is 18.6 Å². The molecule has 0 radical (unpaired) electrons. The van der Waals surface area contributed by atoms with Crippen LogP contribution in [0, 0.1) is 0 Å². The predicted molar refractivity (Wildman–Crippen MR) is 42.1 cm³/mol. The number of likely N-dealkylation sites (N-methyl/N-ethyl adjacent to an activating group) is 1. The zero-order valence-electron chi connectivity index (χ0n) is 7.16.